The highest BCUT2D eigenvalue weighted by atomic mass is 16.1. The SMILES string of the molecule is CC(C)C(=O)c1ccn(C(C)C)c1. The molecule has 0 unspecified atom stereocenters. The third-order valence-electron chi connectivity index (χ3n) is 2.12. The lowest BCUT2D eigenvalue weighted by atomic mass is 10.0. The number of hydrogen-bond acceptors (Lipinski definition) is 1. The van der Waals surface area contributed by atoms with E-state index in [2.05, 4.69) is 18.4 Å². The van der Waals surface area contributed by atoms with Crippen LogP contribution in [0.3, 0.4) is 0 Å². The van der Waals surface area contributed by atoms with Gasteiger partial charge in [0.25, 0.3) is 0 Å². The van der Waals surface area contributed by atoms with Crippen LogP contribution in [0.2, 0.25) is 0 Å². The van der Waals surface area contributed by atoms with Crippen molar-refractivity contribution in [3.05, 3.63) is 24.0 Å². The lowest BCUT2D eigenvalue weighted by Gasteiger charge is -2.05. The molecule has 0 radical (unpaired) electrons. The van der Waals surface area contributed by atoms with E-state index in [4.69, 9.17) is 0 Å². The molecule has 0 bridgehead atoms. The summed E-state index contributed by atoms with van der Waals surface area (Å²) < 4.78 is 2.05. The second-order valence-electron chi connectivity index (χ2n) is 3.96. The van der Waals surface area contributed by atoms with Crippen molar-refractivity contribution in [3.8, 4) is 0 Å². The Bertz CT molecular complexity index is 297. The number of rotatable bonds is 3. The summed E-state index contributed by atoms with van der Waals surface area (Å²) in [6.45, 7) is 8.05. The molecule has 1 rings (SSSR count). The summed E-state index contributed by atoms with van der Waals surface area (Å²) in [5.74, 6) is 0.308. The predicted molar refractivity (Wildman–Crippen MR) is 54.0 cm³/mol. The van der Waals surface area contributed by atoms with Gasteiger partial charge in [0.15, 0.2) is 5.78 Å². The average molecular weight is 179 g/mol. The predicted octanol–water partition coefficient (Wildman–Crippen LogP) is 2.91. The molecule has 0 aliphatic carbocycles. The van der Waals surface area contributed by atoms with Gasteiger partial charge in [0.2, 0.25) is 0 Å². The molecule has 1 aromatic heterocycles. The lowest BCUT2D eigenvalue weighted by molar-refractivity contribution is 0.0939. The molecular formula is C11H17NO. The van der Waals surface area contributed by atoms with Gasteiger partial charge in [-0.3, -0.25) is 4.79 Å². The van der Waals surface area contributed by atoms with E-state index in [-0.39, 0.29) is 11.7 Å². The maximum absolute atomic E-state index is 11.6. The molecule has 13 heavy (non-hydrogen) atoms. The maximum atomic E-state index is 11.6. The van der Waals surface area contributed by atoms with Gasteiger partial charge in [0, 0.05) is 29.9 Å². The Morgan fingerprint density at radius 3 is 2.31 bits per heavy atom. The van der Waals surface area contributed by atoms with Gasteiger partial charge in [-0.05, 0) is 19.9 Å². The maximum Gasteiger partial charge on any atom is 0.166 e. The molecule has 0 saturated heterocycles. The second kappa shape index (κ2) is 3.77. The number of nitrogens with zero attached hydrogens (tertiary/aromatic N) is 1. The monoisotopic (exact) mass is 179 g/mol. The third-order valence-corrected chi connectivity index (χ3v) is 2.12. The van der Waals surface area contributed by atoms with E-state index in [9.17, 15) is 4.79 Å². The van der Waals surface area contributed by atoms with Crippen LogP contribution in [-0.4, -0.2) is 10.4 Å². The van der Waals surface area contributed by atoms with Gasteiger partial charge < -0.3 is 4.57 Å². The summed E-state index contributed by atoms with van der Waals surface area (Å²) in [6, 6.07) is 2.32. The largest absolute Gasteiger partial charge is 0.351 e. The first kappa shape index (κ1) is 10.0. The summed E-state index contributed by atoms with van der Waals surface area (Å²) in [5, 5.41) is 0. The Morgan fingerprint density at radius 1 is 1.31 bits per heavy atom. The highest BCUT2D eigenvalue weighted by Crippen LogP contribution is 2.12. The number of carbonyl (C=O) groups is 1. The zero-order valence-electron chi connectivity index (χ0n) is 8.74. The van der Waals surface area contributed by atoms with E-state index in [0.29, 0.717) is 6.04 Å². The van der Waals surface area contributed by atoms with Crippen LogP contribution < -0.4 is 0 Å². The summed E-state index contributed by atoms with van der Waals surface area (Å²) in [7, 11) is 0. The quantitative estimate of drug-likeness (QED) is 0.654. The lowest BCUT2D eigenvalue weighted by Crippen LogP contribution is -2.06. The van der Waals surface area contributed by atoms with Crippen molar-refractivity contribution >= 4 is 5.78 Å². The molecule has 0 saturated carbocycles. The molecule has 0 fully saturated rings. The van der Waals surface area contributed by atoms with Crippen molar-refractivity contribution in [2.45, 2.75) is 33.7 Å². The van der Waals surface area contributed by atoms with Crippen molar-refractivity contribution < 1.29 is 4.79 Å². The number of ketones is 1. The van der Waals surface area contributed by atoms with E-state index in [1.54, 1.807) is 0 Å². The number of Topliss-reactive ketones (excluding diaryl/α,β-unsaturated/α-hetero) is 1. The summed E-state index contributed by atoms with van der Waals surface area (Å²) in [5.41, 5.74) is 0.823. The third kappa shape index (κ3) is 2.20. The number of carbonyl (C=O) groups excluding carboxylic acids is 1. The minimum Gasteiger partial charge on any atom is -0.351 e. The topological polar surface area (TPSA) is 22.0 Å². The molecule has 0 spiro atoms. The zero-order chi connectivity index (χ0) is 10.0. The average Bonchev–Trinajstić information content (AvgIpc) is 2.50. The molecule has 2 nitrogen and oxygen atoms in total. The van der Waals surface area contributed by atoms with Crippen molar-refractivity contribution in [1.29, 1.82) is 0 Å². The van der Waals surface area contributed by atoms with Crippen LogP contribution in [-0.2, 0) is 0 Å². The van der Waals surface area contributed by atoms with E-state index < -0.39 is 0 Å². The highest BCUT2D eigenvalue weighted by molar-refractivity contribution is 5.97. The Balaban J connectivity index is 2.86. The smallest absolute Gasteiger partial charge is 0.166 e. The van der Waals surface area contributed by atoms with Crippen molar-refractivity contribution in [2.24, 2.45) is 5.92 Å². The van der Waals surface area contributed by atoms with Gasteiger partial charge >= 0.3 is 0 Å². The fourth-order valence-electron chi connectivity index (χ4n) is 1.21. The van der Waals surface area contributed by atoms with Gasteiger partial charge in [-0.1, -0.05) is 13.8 Å². The molecule has 0 atom stereocenters. The zero-order valence-corrected chi connectivity index (χ0v) is 8.74. The van der Waals surface area contributed by atoms with E-state index in [1.165, 1.54) is 0 Å². The van der Waals surface area contributed by atoms with Crippen LogP contribution in [0.4, 0.5) is 0 Å². The molecule has 2 heteroatoms. The second-order valence-corrected chi connectivity index (χ2v) is 3.96. The molecule has 0 amide bonds. The molecule has 1 aromatic rings. The number of aromatic nitrogens is 1. The molecule has 72 valence electrons. The first-order valence-electron chi connectivity index (χ1n) is 4.74. The van der Waals surface area contributed by atoms with Crippen LogP contribution in [0.25, 0.3) is 0 Å². The van der Waals surface area contributed by atoms with Crippen LogP contribution >= 0.6 is 0 Å². The van der Waals surface area contributed by atoms with Gasteiger partial charge in [0.1, 0.15) is 0 Å². The standard InChI is InChI=1S/C11H17NO/c1-8(2)11(13)10-5-6-12(7-10)9(3)4/h5-9H,1-4H3. The fourth-order valence-corrected chi connectivity index (χ4v) is 1.21. The molecule has 0 aromatic carbocycles. The Hall–Kier alpha value is -1.05. The van der Waals surface area contributed by atoms with E-state index >= 15 is 0 Å². The van der Waals surface area contributed by atoms with Gasteiger partial charge in [-0.15, -0.1) is 0 Å². The van der Waals surface area contributed by atoms with E-state index in [1.807, 2.05) is 32.3 Å². The van der Waals surface area contributed by atoms with Gasteiger partial charge in [-0.2, -0.15) is 0 Å². The normalized spacial score (nSPS) is 11.2. The van der Waals surface area contributed by atoms with Crippen molar-refractivity contribution in [2.75, 3.05) is 0 Å². The molecular weight excluding hydrogens is 162 g/mol. The van der Waals surface area contributed by atoms with Crippen molar-refractivity contribution in [1.82, 2.24) is 4.57 Å². The van der Waals surface area contributed by atoms with Crippen LogP contribution in [0, 0.1) is 5.92 Å². The van der Waals surface area contributed by atoms with Crippen LogP contribution in [0.5, 0.6) is 0 Å². The summed E-state index contributed by atoms with van der Waals surface area (Å²) in [6.07, 6.45) is 3.88. The minimum absolute atomic E-state index is 0.0861. The van der Waals surface area contributed by atoms with E-state index in [0.717, 1.165) is 5.56 Å². The molecule has 0 N–H and O–H groups in total. The Labute approximate surface area is 79.6 Å². The minimum atomic E-state index is 0.0861. The summed E-state index contributed by atoms with van der Waals surface area (Å²) >= 11 is 0. The van der Waals surface area contributed by atoms with Crippen LogP contribution in [0.15, 0.2) is 18.5 Å². The van der Waals surface area contributed by atoms with Crippen LogP contribution in [0.1, 0.15) is 44.1 Å². The first-order valence-corrected chi connectivity index (χ1v) is 4.74. The Morgan fingerprint density at radius 2 is 1.92 bits per heavy atom. The molecule has 0 aliphatic rings. The summed E-state index contributed by atoms with van der Waals surface area (Å²) in [4.78, 5) is 11.6. The Kier molecular flexibility index (Phi) is 2.91. The number of hydrogen-bond donors (Lipinski definition) is 0. The molecule has 0 aliphatic heterocycles. The van der Waals surface area contributed by atoms with Gasteiger partial charge in [-0.25, -0.2) is 0 Å². The van der Waals surface area contributed by atoms with Gasteiger partial charge in [0.05, 0.1) is 0 Å². The molecule has 1 heterocycles. The fraction of sp³-hybridized carbons (Fsp3) is 0.545. The highest BCUT2D eigenvalue weighted by Gasteiger charge is 2.11. The van der Waals surface area contributed by atoms with Crippen molar-refractivity contribution in [3.63, 3.8) is 0 Å². The first-order chi connectivity index (χ1) is 6.02.